The van der Waals surface area contributed by atoms with Crippen LogP contribution in [0.15, 0.2) is 30.3 Å². The molecule has 2 heterocycles. The maximum Gasteiger partial charge on any atom is 0.147 e. The molecule has 0 bridgehead atoms. The number of anilines is 1. The maximum absolute atomic E-state index is 9.44. The average Bonchev–Trinajstić information content (AvgIpc) is 2.48. The Morgan fingerprint density at radius 3 is 2.95 bits per heavy atom. The lowest BCUT2D eigenvalue weighted by Gasteiger charge is -2.38. The third-order valence-electron chi connectivity index (χ3n) is 3.98. The van der Waals surface area contributed by atoms with Crippen molar-refractivity contribution >= 4 is 28.5 Å². The molecule has 102 valence electrons. The van der Waals surface area contributed by atoms with Gasteiger partial charge >= 0.3 is 0 Å². The van der Waals surface area contributed by atoms with Crippen LogP contribution >= 0.6 is 11.8 Å². The summed E-state index contributed by atoms with van der Waals surface area (Å²) < 4.78 is 0. The third-order valence-corrected chi connectivity index (χ3v) is 5.32. The van der Waals surface area contributed by atoms with Crippen LogP contribution in [0, 0.1) is 11.3 Å². The average molecular weight is 283 g/mol. The summed E-state index contributed by atoms with van der Waals surface area (Å²) >= 11 is 1.99. The first kappa shape index (κ1) is 13.3. The molecule has 2 aromatic rings. The second-order valence-electron chi connectivity index (χ2n) is 5.17. The van der Waals surface area contributed by atoms with Crippen molar-refractivity contribution in [2.75, 3.05) is 17.2 Å². The largest absolute Gasteiger partial charge is 0.351 e. The van der Waals surface area contributed by atoms with E-state index < -0.39 is 0 Å². The number of rotatable bonds is 1. The van der Waals surface area contributed by atoms with Crippen LogP contribution in [0.1, 0.15) is 19.4 Å². The topological polar surface area (TPSA) is 39.9 Å². The number of fused-ring (bicyclic) bond motifs is 1. The Balaban J connectivity index is 2.12. The summed E-state index contributed by atoms with van der Waals surface area (Å²) in [7, 11) is 0. The lowest BCUT2D eigenvalue weighted by Crippen LogP contribution is -2.45. The van der Waals surface area contributed by atoms with Crippen LogP contribution in [0.3, 0.4) is 0 Å². The molecule has 0 aliphatic carbocycles. The van der Waals surface area contributed by atoms with Crippen molar-refractivity contribution in [1.82, 2.24) is 4.98 Å². The Bertz CT molecular complexity index is 677. The van der Waals surface area contributed by atoms with Crippen molar-refractivity contribution in [2.24, 2.45) is 0 Å². The molecule has 1 fully saturated rings. The summed E-state index contributed by atoms with van der Waals surface area (Å²) in [6.07, 6.45) is 0. The number of hydrogen-bond donors (Lipinski definition) is 0. The first-order chi connectivity index (χ1) is 9.70. The minimum atomic E-state index is 0.398. The smallest absolute Gasteiger partial charge is 0.147 e. The highest BCUT2D eigenvalue weighted by atomic mass is 32.2. The molecule has 0 radical (unpaired) electrons. The minimum absolute atomic E-state index is 0.398. The first-order valence-electron chi connectivity index (χ1n) is 6.89. The molecule has 3 rings (SSSR count). The van der Waals surface area contributed by atoms with Gasteiger partial charge in [0.25, 0.3) is 0 Å². The molecular weight excluding hydrogens is 266 g/mol. The van der Waals surface area contributed by atoms with Gasteiger partial charge in [0.2, 0.25) is 0 Å². The molecule has 1 aromatic carbocycles. The molecule has 1 saturated heterocycles. The standard InChI is InChI=1S/C16H17N3S/c1-11-12(2)20-8-7-19(11)16-14(10-17)9-13-5-3-4-6-15(13)18-16/h3-6,9,11-12H,7-8H2,1-2H3. The van der Waals surface area contributed by atoms with E-state index in [-0.39, 0.29) is 0 Å². The van der Waals surface area contributed by atoms with Crippen molar-refractivity contribution in [3.63, 3.8) is 0 Å². The fourth-order valence-electron chi connectivity index (χ4n) is 2.64. The molecule has 0 amide bonds. The molecule has 1 aliphatic heterocycles. The molecular formula is C16H17N3S. The number of nitriles is 1. The van der Waals surface area contributed by atoms with E-state index in [1.165, 1.54) is 0 Å². The molecule has 4 heteroatoms. The van der Waals surface area contributed by atoms with Gasteiger partial charge in [-0.3, -0.25) is 0 Å². The van der Waals surface area contributed by atoms with Crippen LogP contribution in [-0.2, 0) is 0 Å². The molecule has 3 nitrogen and oxygen atoms in total. The normalized spacial score (nSPS) is 22.8. The zero-order valence-electron chi connectivity index (χ0n) is 11.7. The van der Waals surface area contributed by atoms with Crippen LogP contribution in [-0.4, -0.2) is 28.6 Å². The van der Waals surface area contributed by atoms with E-state index >= 15 is 0 Å². The number of pyridine rings is 1. The number of hydrogen-bond acceptors (Lipinski definition) is 4. The van der Waals surface area contributed by atoms with Gasteiger partial charge in [-0.15, -0.1) is 0 Å². The van der Waals surface area contributed by atoms with Crippen LogP contribution < -0.4 is 4.90 Å². The van der Waals surface area contributed by atoms with Crippen molar-refractivity contribution < 1.29 is 0 Å². The van der Waals surface area contributed by atoms with Crippen LogP contribution in [0.2, 0.25) is 0 Å². The SMILES string of the molecule is CC1SCCN(c2nc3ccccc3cc2C#N)C1C. The highest BCUT2D eigenvalue weighted by Gasteiger charge is 2.28. The van der Waals surface area contributed by atoms with E-state index in [2.05, 4.69) is 24.8 Å². The summed E-state index contributed by atoms with van der Waals surface area (Å²) in [5, 5.41) is 11.0. The summed E-state index contributed by atoms with van der Waals surface area (Å²) in [5.74, 6) is 1.93. The molecule has 0 spiro atoms. The summed E-state index contributed by atoms with van der Waals surface area (Å²) in [6, 6.07) is 12.6. The second kappa shape index (κ2) is 5.34. The van der Waals surface area contributed by atoms with E-state index in [4.69, 9.17) is 4.98 Å². The predicted molar refractivity (Wildman–Crippen MR) is 85.2 cm³/mol. The molecule has 20 heavy (non-hydrogen) atoms. The van der Waals surface area contributed by atoms with Crippen molar-refractivity contribution in [3.05, 3.63) is 35.9 Å². The molecule has 0 N–H and O–H groups in total. The summed E-state index contributed by atoms with van der Waals surface area (Å²) in [4.78, 5) is 7.03. The minimum Gasteiger partial charge on any atom is -0.351 e. The first-order valence-corrected chi connectivity index (χ1v) is 7.93. The highest BCUT2D eigenvalue weighted by molar-refractivity contribution is 8.00. The Morgan fingerprint density at radius 2 is 2.15 bits per heavy atom. The molecule has 2 atom stereocenters. The van der Waals surface area contributed by atoms with Gasteiger partial charge in [-0.2, -0.15) is 17.0 Å². The lowest BCUT2D eigenvalue weighted by atomic mass is 10.1. The number of aromatic nitrogens is 1. The Kier molecular flexibility index (Phi) is 3.54. The Morgan fingerprint density at radius 1 is 1.35 bits per heavy atom. The van der Waals surface area contributed by atoms with Crippen molar-refractivity contribution in [1.29, 1.82) is 5.26 Å². The molecule has 1 aliphatic rings. The van der Waals surface area contributed by atoms with Gasteiger partial charge in [0.1, 0.15) is 11.9 Å². The molecule has 0 saturated carbocycles. The molecule has 2 unspecified atom stereocenters. The van der Waals surface area contributed by atoms with E-state index in [9.17, 15) is 5.26 Å². The quantitative estimate of drug-likeness (QED) is 0.804. The monoisotopic (exact) mass is 283 g/mol. The van der Waals surface area contributed by atoms with E-state index in [0.29, 0.717) is 16.9 Å². The van der Waals surface area contributed by atoms with Crippen LogP contribution in [0.4, 0.5) is 5.82 Å². The Hall–Kier alpha value is -1.73. The third kappa shape index (κ3) is 2.23. The van der Waals surface area contributed by atoms with Crippen LogP contribution in [0.5, 0.6) is 0 Å². The second-order valence-corrected chi connectivity index (χ2v) is 6.66. The fraction of sp³-hybridized carbons (Fsp3) is 0.375. The fourth-order valence-corrected chi connectivity index (χ4v) is 3.74. The van der Waals surface area contributed by atoms with Crippen molar-refractivity contribution in [2.45, 2.75) is 25.1 Å². The van der Waals surface area contributed by atoms with Gasteiger partial charge in [0.15, 0.2) is 0 Å². The molecule has 1 aromatic heterocycles. The van der Waals surface area contributed by atoms with Crippen LogP contribution in [0.25, 0.3) is 10.9 Å². The van der Waals surface area contributed by atoms with E-state index in [0.717, 1.165) is 29.0 Å². The zero-order chi connectivity index (χ0) is 14.1. The van der Waals surface area contributed by atoms with Gasteiger partial charge in [-0.25, -0.2) is 4.98 Å². The van der Waals surface area contributed by atoms with Gasteiger partial charge in [-0.1, -0.05) is 25.1 Å². The van der Waals surface area contributed by atoms with E-state index in [1.807, 2.05) is 42.1 Å². The van der Waals surface area contributed by atoms with Gasteiger partial charge in [0.05, 0.1) is 11.1 Å². The zero-order valence-corrected chi connectivity index (χ0v) is 12.5. The van der Waals surface area contributed by atoms with Gasteiger partial charge < -0.3 is 4.90 Å². The number of thioether (sulfide) groups is 1. The maximum atomic E-state index is 9.44. The summed E-state index contributed by atoms with van der Waals surface area (Å²) in [5.41, 5.74) is 1.63. The number of benzene rings is 1. The van der Waals surface area contributed by atoms with E-state index in [1.54, 1.807) is 0 Å². The lowest BCUT2D eigenvalue weighted by molar-refractivity contribution is 0.621. The highest BCUT2D eigenvalue weighted by Crippen LogP contribution is 2.31. The van der Waals surface area contributed by atoms with Crippen molar-refractivity contribution in [3.8, 4) is 6.07 Å². The number of nitrogens with zero attached hydrogens (tertiary/aromatic N) is 3. The number of para-hydroxylation sites is 1. The van der Waals surface area contributed by atoms with Gasteiger partial charge in [0, 0.05) is 29.0 Å². The predicted octanol–water partition coefficient (Wildman–Crippen LogP) is 3.44. The Labute approximate surface area is 123 Å². The van der Waals surface area contributed by atoms with Gasteiger partial charge in [-0.05, 0) is 19.1 Å². The summed E-state index contributed by atoms with van der Waals surface area (Å²) in [6.45, 7) is 5.42.